The highest BCUT2D eigenvalue weighted by molar-refractivity contribution is 5.86. The number of aliphatic carboxylic acids is 1. The summed E-state index contributed by atoms with van der Waals surface area (Å²) >= 11 is 0. The van der Waals surface area contributed by atoms with E-state index in [-0.39, 0.29) is 13.1 Å². The van der Waals surface area contributed by atoms with E-state index in [1.165, 1.54) is 0 Å². The Morgan fingerprint density at radius 3 is 2.29 bits per heavy atom. The molecule has 0 aromatic rings. The molecule has 0 aromatic carbocycles. The third-order valence-corrected chi connectivity index (χ3v) is 2.19. The van der Waals surface area contributed by atoms with E-state index in [4.69, 9.17) is 10.8 Å². The van der Waals surface area contributed by atoms with E-state index in [1.807, 2.05) is 6.92 Å². The zero-order valence-corrected chi connectivity index (χ0v) is 10.1. The van der Waals surface area contributed by atoms with E-state index in [0.717, 1.165) is 4.90 Å². The molecule has 98 valence electrons. The Bertz CT molecular complexity index is 293. The van der Waals surface area contributed by atoms with Crippen LogP contribution in [0, 0.1) is 0 Å². The van der Waals surface area contributed by atoms with Crippen LogP contribution in [-0.4, -0.2) is 47.0 Å². The van der Waals surface area contributed by atoms with Gasteiger partial charge in [-0.1, -0.05) is 13.3 Å². The predicted octanol–water partition coefficient (Wildman–Crippen LogP) is -0.243. The Morgan fingerprint density at radius 1 is 1.35 bits per heavy atom. The van der Waals surface area contributed by atoms with Crippen LogP contribution in [0.4, 0.5) is 4.79 Å². The standard InChI is InChI=1S/C10H19N3O4/c1-3-5-7(9(15)16)12-10(17)13(4-2)6-8(11)14/h7H,3-6H2,1-2H3,(H2,11,14)(H,12,17)(H,15,16)/t7-/m0/s1. The maximum atomic E-state index is 11.6. The fourth-order valence-electron chi connectivity index (χ4n) is 1.30. The Labute approximate surface area is 100.0 Å². The Hall–Kier alpha value is -1.79. The lowest BCUT2D eigenvalue weighted by atomic mass is 10.2. The molecule has 0 aromatic heterocycles. The molecule has 0 aliphatic rings. The molecule has 17 heavy (non-hydrogen) atoms. The lowest BCUT2D eigenvalue weighted by Gasteiger charge is -2.22. The highest BCUT2D eigenvalue weighted by Crippen LogP contribution is 1.99. The third kappa shape index (κ3) is 5.74. The first-order chi connectivity index (χ1) is 7.92. The van der Waals surface area contributed by atoms with Crippen LogP contribution in [0.25, 0.3) is 0 Å². The van der Waals surface area contributed by atoms with E-state index in [0.29, 0.717) is 12.8 Å². The van der Waals surface area contributed by atoms with Crippen LogP contribution in [-0.2, 0) is 9.59 Å². The predicted molar refractivity (Wildman–Crippen MR) is 61.3 cm³/mol. The molecule has 0 fully saturated rings. The maximum Gasteiger partial charge on any atom is 0.326 e. The lowest BCUT2D eigenvalue weighted by Crippen LogP contribution is -2.50. The van der Waals surface area contributed by atoms with Crippen molar-refractivity contribution < 1.29 is 19.5 Å². The van der Waals surface area contributed by atoms with E-state index in [2.05, 4.69) is 5.32 Å². The largest absolute Gasteiger partial charge is 0.480 e. The van der Waals surface area contributed by atoms with Gasteiger partial charge in [0.25, 0.3) is 0 Å². The summed E-state index contributed by atoms with van der Waals surface area (Å²) in [5.74, 6) is -1.72. The number of carboxylic acids is 1. The molecule has 0 aliphatic carbocycles. The van der Waals surface area contributed by atoms with Crippen molar-refractivity contribution >= 4 is 17.9 Å². The molecule has 0 bridgehead atoms. The number of carboxylic acid groups (broad SMARTS) is 1. The van der Waals surface area contributed by atoms with Gasteiger partial charge in [-0.2, -0.15) is 0 Å². The molecule has 1 atom stereocenters. The summed E-state index contributed by atoms with van der Waals surface area (Å²) in [6.45, 7) is 3.56. The van der Waals surface area contributed by atoms with E-state index >= 15 is 0 Å². The van der Waals surface area contributed by atoms with Crippen molar-refractivity contribution in [2.24, 2.45) is 5.73 Å². The molecule has 0 rings (SSSR count). The number of nitrogens with one attached hydrogen (secondary N) is 1. The highest BCUT2D eigenvalue weighted by atomic mass is 16.4. The quantitative estimate of drug-likeness (QED) is 0.574. The van der Waals surface area contributed by atoms with Gasteiger partial charge in [-0.3, -0.25) is 4.79 Å². The second-order valence-electron chi connectivity index (χ2n) is 3.61. The van der Waals surface area contributed by atoms with Gasteiger partial charge < -0.3 is 21.1 Å². The SMILES string of the molecule is CCC[C@H](NC(=O)N(CC)CC(N)=O)C(=O)O. The van der Waals surface area contributed by atoms with Gasteiger partial charge in [0.15, 0.2) is 0 Å². The second kappa shape index (κ2) is 7.48. The number of amides is 3. The average molecular weight is 245 g/mol. The number of rotatable bonds is 7. The van der Waals surface area contributed by atoms with Crippen molar-refractivity contribution in [1.82, 2.24) is 10.2 Å². The normalized spacial score (nSPS) is 11.6. The molecule has 7 nitrogen and oxygen atoms in total. The smallest absolute Gasteiger partial charge is 0.326 e. The monoisotopic (exact) mass is 245 g/mol. The van der Waals surface area contributed by atoms with Gasteiger partial charge in [-0.25, -0.2) is 9.59 Å². The lowest BCUT2D eigenvalue weighted by molar-refractivity contribution is -0.139. The molecule has 0 radical (unpaired) electrons. The Balaban J connectivity index is 4.45. The van der Waals surface area contributed by atoms with Crippen molar-refractivity contribution in [3.63, 3.8) is 0 Å². The summed E-state index contributed by atoms with van der Waals surface area (Å²) < 4.78 is 0. The maximum absolute atomic E-state index is 11.6. The summed E-state index contributed by atoms with van der Waals surface area (Å²) in [5, 5.41) is 11.2. The van der Waals surface area contributed by atoms with Crippen molar-refractivity contribution in [2.75, 3.05) is 13.1 Å². The molecule has 0 heterocycles. The molecule has 0 saturated heterocycles. The van der Waals surface area contributed by atoms with Crippen LogP contribution in [0.15, 0.2) is 0 Å². The van der Waals surface area contributed by atoms with E-state index in [1.54, 1.807) is 6.92 Å². The number of urea groups is 1. The van der Waals surface area contributed by atoms with Crippen LogP contribution in [0.5, 0.6) is 0 Å². The molecule has 0 spiro atoms. The van der Waals surface area contributed by atoms with Crippen LogP contribution < -0.4 is 11.1 Å². The zero-order valence-electron chi connectivity index (χ0n) is 10.1. The molecule has 0 unspecified atom stereocenters. The fourth-order valence-corrected chi connectivity index (χ4v) is 1.30. The van der Waals surface area contributed by atoms with Crippen LogP contribution in [0.2, 0.25) is 0 Å². The number of carbonyl (C=O) groups excluding carboxylic acids is 2. The first-order valence-electron chi connectivity index (χ1n) is 5.48. The highest BCUT2D eigenvalue weighted by Gasteiger charge is 2.22. The number of likely N-dealkylation sites (N-methyl/N-ethyl adjacent to an activating group) is 1. The number of hydrogen-bond donors (Lipinski definition) is 3. The van der Waals surface area contributed by atoms with Crippen molar-refractivity contribution in [3.05, 3.63) is 0 Å². The minimum Gasteiger partial charge on any atom is -0.480 e. The van der Waals surface area contributed by atoms with Crippen molar-refractivity contribution in [1.29, 1.82) is 0 Å². The van der Waals surface area contributed by atoms with Crippen LogP contribution in [0.1, 0.15) is 26.7 Å². The number of hydrogen-bond acceptors (Lipinski definition) is 3. The topological polar surface area (TPSA) is 113 Å². The summed E-state index contributed by atoms with van der Waals surface area (Å²) in [4.78, 5) is 34.3. The number of nitrogens with two attached hydrogens (primary N) is 1. The van der Waals surface area contributed by atoms with Gasteiger partial charge in [0, 0.05) is 6.54 Å². The van der Waals surface area contributed by atoms with Crippen molar-refractivity contribution in [3.8, 4) is 0 Å². The third-order valence-electron chi connectivity index (χ3n) is 2.19. The molecular weight excluding hydrogens is 226 g/mol. The van der Waals surface area contributed by atoms with Crippen LogP contribution >= 0.6 is 0 Å². The van der Waals surface area contributed by atoms with Gasteiger partial charge >= 0.3 is 12.0 Å². The van der Waals surface area contributed by atoms with E-state index < -0.39 is 23.9 Å². The number of nitrogens with zero attached hydrogens (tertiary/aromatic N) is 1. The summed E-state index contributed by atoms with van der Waals surface area (Å²) in [6.07, 6.45) is 0.981. The van der Waals surface area contributed by atoms with Gasteiger partial charge in [-0.15, -0.1) is 0 Å². The number of primary amides is 1. The van der Waals surface area contributed by atoms with Gasteiger partial charge in [0.2, 0.25) is 5.91 Å². The molecular formula is C10H19N3O4. The minimum absolute atomic E-state index is 0.221. The van der Waals surface area contributed by atoms with Crippen molar-refractivity contribution in [2.45, 2.75) is 32.7 Å². The molecule has 7 heteroatoms. The van der Waals surface area contributed by atoms with Gasteiger partial charge in [0.05, 0.1) is 0 Å². The summed E-state index contributed by atoms with van der Waals surface area (Å²) in [6, 6.07) is -1.53. The Kier molecular flexibility index (Phi) is 6.69. The Morgan fingerprint density at radius 2 is 1.94 bits per heavy atom. The average Bonchev–Trinajstić information content (AvgIpc) is 2.24. The second-order valence-corrected chi connectivity index (χ2v) is 3.61. The first kappa shape index (κ1) is 15.2. The summed E-state index contributed by atoms with van der Waals surface area (Å²) in [5.41, 5.74) is 4.98. The fraction of sp³-hybridized carbons (Fsp3) is 0.700. The van der Waals surface area contributed by atoms with Gasteiger partial charge in [0.1, 0.15) is 12.6 Å². The van der Waals surface area contributed by atoms with E-state index in [9.17, 15) is 14.4 Å². The summed E-state index contributed by atoms with van der Waals surface area (Å²) in [7, 11) is 0. The van der Waals surface area contributed by atoms with Gasteiger partial charge in [-0.05, 0) is 13.3 Å². The first-order valence-corrected chi connectivity index (χ1v) is 5.48. The minimum atomic E-state index is -1.09. The molecule has 0 saturated carbocycles. The molecule has 0 aliphatic heterocycles. The molecule has 4 N–H and O–H groups in total. The zero-order chi connectivity index (χ0) is 13.4. The molecule has 3 amide bonds. The number of carbonyl (C=O) groups is 3. The van der Waals surface area contributed by atoms with Crippen LogP contribution in [0.3, 0.4) is 0 Å².